The summed E-state index contributed by atoms with van der Waals surface area (Å²) in [6.07, 6.45) is 3.22. The monoisotopic (exact) mass is 233 g/mol. The zero-order chi connectivity index (χ0) is 12.8. The summed E-state index contributed by atoms with van der Waals surface area (Å²) >= 11 is 0. The van der Waals surface area contributed by atoms with Gasteiger partial charge in [-0.1, -0.05) is 0 Å². The van der Waals surface area contributed by atoms with Gasteiger partial charge in [0.05, 0.1) is 0 Å². The molecule has 0 saturated carbocycles. The van der Waals surface area contributed by atoms with Crippen molar-refractivity contribution in [3.05, 3.63) is 29.8 Å². The van der Waals surface area contributed by atoms with Crippen LogP contribution in [0, 0.1) is 0 Å². The molecule has 0 aromatic heterocycles. The predicted molar refractivity (Wildman–Crippen MR) is 72.9 cm³/mol. The van der Waals surface area contributed by atoms with Gasteiger partial charge in [0.1, 0.15) is 0 Å². The minimum atomic E-state index is -0.109. The minimum Gasteiger partial charge on any atom is -0.398 e. The number of amides is 1. The Kier molecular flexibility index (Phi) is 4.57. The first kappa shape index (κ1) is 13.1. The highest BCUT2D eigenvalue weighted by Crippen LogP contribution is 2.20. The number of rotatable bonds is 4. The van der Waals surface area contributed by atoms with Crippen LogP contribution in [0.3, 0.4) is 0 Å². The van der Waals surface area contributed by atoms with Gasteiger partial charge in [-0.05, 0) is 36.8 Å². The first-order chi connectivity index (χ1) is 8.04. The second-order valence-electron chi connectivity index (χ2n) is 3.94. The maximum Gasteiger partial charge on any atom is 0.243 e. The molecule has 0 unspecified atom stereocenters. The maximum absolute atomic E-state index is 11.3. The van der Waals surface area contributed by atoms with Gasteiger partial charge < -0.3 is 16.0 Å². The van der Waals surface area contributed by atoms with Crippen molar-refractivity contribution in [2.75, 3.05) is 31.3 Å². The van der Waals surface area contributed by atoms with Crippen molar-refractivity contribution in [2.45, 2.75) is 6.92 Å². The fourth-order valence-corrected chi connectivity index (χ4v) is 1.38. The summed E-state index contributed by atoms with van der Waals surface area (Å²) in [6, 6.07) is 5.73. The van der Waals surface area contributed by atoms with E-state index in [0.717, 1.165) is 11.3 Å². The molecule has 0 aliphatic heterocycles. The summed E-state index contributed by atoms with van der Waals surface area (Å²) in [7, 11) is 3.92. The molecule has 4 nitrogen and oxygen atoms in total. The molecule has 0 radical (unpaired) electrons. The molecule has 1 aromatic carbocycles. The topological polar surface area (TPSA) is 58.4 Å². The molecule has 17 heavy (non-hydrogen) atoms. The van der Waals surface area contributed by atoms with Crippen LogP contribution in [0.1, 0.15) is 12.5 Å². The highest BCUT2D eigenvalue weighted by Gasteiger charge is 2.00. The zero-order valence-electron chi connectivity index (χ0n) is 10.5. The van der Waals surface area contributed by atoms with Crippen LogP contribution in [0.25, 0.3) is 6.08 Å². The molecule has 0 fully saturated rings. The highest BCUT2D eigenvalue weighted by atomic mass is 16.1. The van der Waals surface area contributed by atoms with Crippen molar-refractivity contribution in [3.8, 4) is 0 Å². The highest BCUT2D eigenvalue weighted by molar-refractivity contribution is 5.92. The molecule has 0 aliphatic carbocycles. The van der Waals surface area contributed by atoms with Crippen molar-refractivity contribution in [2.24, 2.45) is 0 Å². The summed E-state index contributed by atoms with van der Waals surface area (Å²) in [4.78, 5) is 13.3. The van der Waals surface area contributed by atoms with Crippen molar-refractivity contribution in [1.29, 1.82) is 0 Å². The van der Waals surface area contributed by atoms with Gasteiger partial charge in [0.25, 0.3) is 0 Å². The van der Waals surface area contributed by atoms with E-state index in [4.69, 9.17) is 5.73 Å². The number of nitrogen functional groups attached to an aromatic ring is 1. The van der Waals surface area contributed by atoms with Gasteiger partial charge in [-0.3, -0.25) is 4.79 Å². The van der Waals surface area contributed by atoms with Crippen molar-refractivity contribution in [3.63, 3.8) is 0 Å². The number of hydrogen-bond acceptors (Lipinski definition) is 3. The molecule has 1 aromatic rings. The van der Waals surface area contributed by atoms with Crippen LogP contribution in [-0.4, -0.2) is 26.5 Å². The van der Waals surface area contributed by atoms with E-state index in [2.05, 4.69) is 5.32 Å². The second kappa shape index (κ2) is 5.94. The van der Waals surface area contributed by atoms with Crippen molar-refractivity contribution >= 4 is 23.4 Å². The van der Waals surface area contributed by atoms with Crippen LogP contribution in [0.15, 0.2) is 24.3 Å². The molecule has 0 aliphatic rings. The molecule has 0 heterocycles. The smallest absolute Gasteiger partial charge is 0.243 e. The Balaban J connectivity index is 2.89. The molecule has 1 amide bonds. The fourth-order valence-electron chi connectivity index (χ4n) is 1.38. The molecule has 4 heteroatoms. The van der Waals surface area contributed by atoms with Gasteiger partial charge in [-0.25, -0.2) is 0 Å². The van der Waals surface area contributed by atoms with Crippen molar-refractivity contribution in [1.82, 2.24) is 5.32 Å². The molecule has 0 spiro atoms. The second-order valence-corrected chi connectivity index (χ2v) is 3.94. The van der Waals surface area contributed by atoms with Crippen molar-refractivity contribution < 1.29 is 4.79 Å². The Hall–Kier alpha value is -1.97. The molecule has 0 saturated heterocycles. The van der Waals surface area contributed by atoms with E-state index < -0.39 is 0 Å². The molecule has 92 valence electrons. The fraction of sp³-hybridized carbons (Fsp3) is 0.308. The Bertz CT molecular complexity index is 425. The lowest BCUT2D eigenvalue weighted by molar-refractivity contribution is -0.116. The molecule has 3 N–H and O–H groups in total. The van der Waals surface area contributed by atoms with E-state index in [1.807, 2.05) is 44.1 Å². The van der Waals surface area contributed by atoms with E-state index >= 15 is 0 Å². The van der Waals surface area contributed by atoms with Crippen LogP contribution in [0.4, 0.5) is 11.4 Å². The number of carbonyl (C=O) groups excluding carboxylic acids is 1. The van der Waals surface area contributed by atoms with E-state index in [1.54, 1.807) is 6.08 Å². The number of carbonyl (C=O) groups is 1. The largest absolute Gasteiger partial charge is 0.398 e. The number of nitrogens with one attached hydrogen (secondary N) is 1. The Morgan fingerprint density at radius 3 is 2.76 bits per heavy atom. The van der Waals surface area contributed by atoms with Crippen LogP contribution in [-0.2, 0) is 4.79 Å². The molecule has 0 bridgehead atoms. The van der Waals surface area contributed by atoms with Gasteiger partial charge in [0.2, 0.25) is 5.91 Å². The lowest BCUT2D eigenvalue weighted by Gasteiger charge is -2.13. The van der Waals surface area contributed by atoms with Crippen LogP contribution in [0.2, 0.25) is 0 Å². The van der Waals surface area contributed by atoms with E-state index in [1.165, 1.54) is 6.08 Å². The Morgan fingerprint density at radius 1 is 1.47 bits per heavy atom. The lowest BCUT2D eigenvalue weighted by Crippen LogP contribution is -2.19. The third-order valence-corrected chi connectivity index (χ3v) is 2.35. The number of likely N-dealkylation sites (N-methyl/N-ethyl adjacent to an activating group) is 1. The van der Waals surface area contributed by atoms with Crippen LogP contribution in [0.5, 0.6) is 0 Å². The normalized spacial score (nSPS) is 10.5. The number of nitrogens with two attached hydrogens (primary N) is 1. The Labute approximate surface area is 102 Å². The summed E-state index contributed by atoms with van der Waals surface area (Å²) < 4.78 is 0. The maximum atomic E-state index is 11.3. The minimum absolute atomic E-state index is 0.109. The van der Waals surface area contributed by atoms with E-state index in [9.17, 15) is 4.79 Å². The summed E-state index contributed by atoms with van der Waals surface area (Å²) in [5.74, 6) is -0.109. The number of anilines is 2. The summed E-state index contributed by atoms with van der Waals surface area (Å²) in [5, 5.41) is 2.70. The molecule has 1 rings (SSSR count). The SMILES string of the molecule is CCNC(=O)C=Cc1cc(N(C)C)ccc1N. The van der Waals surface area contributed by atoms with Crippen LogP contribution < -0.4 is 16.0 Å². The number of benzene rings is 1. The van der Waals surface area contributed by atoms with Gasteiger partial charge in [-0.2, -0.15) is 0 Å². The summed E-state index contributed by atoms with van der Waals surface area (Å²) in [6.45, 7) is 2.50. The first-order valence-corrected chi connectivity index (χ1v) is 5.57. The molecule has 0 atom stereocenters. The number of nitrogens with zero attached hydrogens (tertiary/aromatic N) is 1. The van der Waals surface area contributed by atoms with Gasteiger partial charge in [0.15, 0.2) is 0 Å². The van der Waals surface area contributed by atoms with Gasteiger partial charge in [-0.15, -0.1) is 0 Å². The lowest BCUT2D eigenvalue weighted by atomic mass is 10.1. The number of hydrogen-bond donors (Lipinski definition) is 2. The van der Waals surface area contributed by atoms with E-state index in [0.29, 0.717) is 12.2 Å². The Morgan fingerprint density at radius 2 is 2.18 bits per heavy atom. The van der Waals surface area contributed by atoms with Gasteiger partial charge >= 0.3 is 0 Å². The van der Waals surface area contributed by atoms with E-state index in [-0.39, 0.29) is 5.91 Å². The molecular formula is C13H19N3O. The summed E-state index contributed by atoms with van der Waals surface area (Å²) in [5.41, 5.74) is 8.41. The quantitative estimate of drug-likeness (QED) is 0.612. The molecular weight excluding hydrogens is 214 g/mol. The zero-order valence-corrected chi connectivity index (χ0v) is 10.5. The predicted octanol–water partition coefficient (Wildman–Crippen LogP) is 1.48. The average molecular weight is 233 g/mol. The first-order valence-electron chi connectivity index (χ1n) is 5.57. The van der Waals surface area contributed by atoms with Gasteiger partial charge in [0, 0.05) is 38.1 Å². The standard InChI is InChI=1S/C13H19N3O/c1-4-15-13(17)8-5-10-9-11(16(2)3)6-7-12(10)14/h5-9H,4,14H2,1-3H3,(H,15,17). The third-order valence-electron chi connectivity index (χ3n) is 2.35. The third kappa shape index (κ3) is 3.83. The van der Waals surface area contributed by atoms with Crippen LogP contribution >= 0.6 is 0 Å². The average Bonchev–Trinajstić information content (AvgIpc) is 2.28.